The Bertz CT molecular complexity index is 880. The molecule has 1 heterocycles. The second kappa shape index (κ2) is 8.30. The van der Waals surface area contributed by atoms with E-state index in [1.807, 2.05) is 0 Å². The number of para-hydroxylation sites is 1. The molecule has 26 heavy (non-hydrogen) atoms. The number of methoxy groups -OCH3 is 1. The van der Waals surface area contributed by atoms with Crippen molar-refractivity contribution in [2.24, 2.45) is 0 Å². The highest BCUT2D eigenvalue weighted by Gasteiger charge is 2.36. The Kier molecular flexibility index (Phi) is 6.57. The molecule has 142 valence electrons. The van der Waals surface area contributed by atoms with Crippen LogP contribution in [0.4, 0.5) is 8.78 Å². The highest BCUT2D eigenvalue weighted by atomic mass is 35.5. The molecule has 0 aliphatic carbocycles. The van der Waals surface area contributed by atoms with Crippen molar-refractivity contribution in [3.8, 4) is 5.75 Å². The molecule has 0 amide bonds. The first-order valence-electron chi connectivity index (χ1n) is 7.75. The average Bonchev–Trinajstić information content (AvgIpc) is 2.63. The molecule has 3 rings (SSSR count). The number of ether oxygens (including phenoxy) is 1. The maximum Gasteiger partial charge on any atom is 0.243 e. The summed E-state index contributed by atoms with van der Waals surface area (Å²) < 4.78 is 59.3. The topological polar surface area (TPSA) is 58.6 Å². The number of piperazine rings is 1. The molecule has 0 aromatic heterocycles. The van der Waals surface area contributed by atoms with Crippen molar-refractivity contribution >= 4 is 22.4 Å². The predicted molar refractivity (Wildman–Crippen MR) is 96.1 cm³/mol. The van der Waals surface area contributed by atoms with Gasteiger partial charge in [0.1, 0.15) is 5.75 Å². The van der Waals surface area contributed by atoms with Gasteiger partial charge in [0.15, 0.2) is 11.6 Å². The van der Waals surface area contributed by atoms with Crippen molar-refractivity contribution in [2.45, 2.75) is 10.9 Å². The minimum atomic E-state index is -3.99. The van der Waals surface area contributed by atoms with Crippen molar-refractivity contribution < 1.29 is 21.9 Å². The van der Waals surface area contributed by atoms with E-state index >= 15 is 0 Å². The average molecular weight is 405 g/mol. The zero-order valence-corrected chi connectivity index (χ0v) is 15.6. The summed E-state index contributed by atoms with van der Waals surface area (Å²) in [5.41, 5.74) is 0.711. The monoisotopic (exact) mass is 404 g/mol. The van der Waals surface area contributed by atoms with Crippen LogP contribution in [0, 0.1) is 11.6 Å². The lowest BCUT2D eigenvalue weighted by atomic mass is 10.0. The smallest absolute Gasteiger partial charge is 0.243 e. The van der Waals surface area contributed by atoms with E-state index in [1.165, 1.54) is 11.4 Å². The lowest BCUT2D eigenvalue weighted by Gasteiger charge is -2.36. The van der Waals surface area contributed by atoms with Gasteiger partial charge in [-0.2, -0.15) is 4.31 Å². The summed E-state index contributed by atoms with van der Waals surface area (Å²) in [6.45, 7) is 1.07. The molecule has 2 aromatic rings. The van der Waals surface area contributed by atoms with Crippen LogP contribution >= 0.6 is 12.4 Å². The van der Waals surface area contributed by atoms with Crippen molar-refractivity contribution in [2.75, 3.05) is 26.7 Å². The number of nitrogens with one attached hydrogen (secondary N) is 1. The molecule has 1 saturated heterocycles. The molecule has 1 fully saturated rings. The van der Waals surface area contributed by atoms with E-state index in [0.29, 0.717) is 30.5 Å². The maximum atomic E-state index is 13.5. The summed E-state index contributed by atoms with van der Waals surface area (Å²) in [6, 6.07) is 9.25. The molecule has 1 aliphatic heterocycles. The summed E-state index contributed by atoms with van der Waals surface area (Å²) in [6.07, 6.45) is 0. The standard InChI is InChI=1S/C17H18F2N2O3S.ClH/c1-24-17-5-3-2-4-13(17)16-11-20-8-9-21(16)25(22,23)12-6-7-14(18)15(19)10-12;/h2-7,10,16,20H,8-9,11H2,1H3;1H. The van der Waals surface area contributed by atoms with Gasteiger partial charge in [0.2, 0.25) is 10.0 Å². The first-order chi connectivity index (χ1) is 11.9. The quantitative estimate of drug-likeness (QED) is 0.851. The highest BCUT2D eigenvalue weighted by molar-refractivity contribution is 7.89. The van der Waals surface area contributed by atoms with Crippen molar-refractivity contribution in [3.63, 3.8) is 0 Å². The van der Waals surface area contributed by atoms with E-state index < -0.39 is 27.7 Å². The van der Waals surface area contributed by atoms with E-state index in [2.05, 4.69) is 5.32 Å². The third-order valence-electron chi connectivity index (χ3n) is 4.19. The molecule has 0 spiro atoms. The van der Waals surface area contributed by atoms with E-state index in [-0.39, 0.29) is 23.8 Å². The van der Waals surface area contributed by atoms with E-state index in [0.717, 1.165) is 12.1 Å². The van der Waals surface area contributed by atoms with Crippen LogP contribution in [0.25, 0.3) is 0 Å². The first kappa shape index (κ1) is 20.6. The number of rotatable bonds is 4. The number of halogens is 3. The van der Waals surface area contributed by atoms with Gasteiger partial charge in [0.25, 0.3) is 0 Å². The molecule has 9 heteroatoms. The van der Waals surface area contributed by atoms with Gasteiger partial charge in [0.05, 0.1) is 18.0 Å². The van der Waals surface area contributed by atoms with Gasteiger partial charge in [-0.05, 0) is 24.3 Å². The Morgan fingerprint density at radius 2 is 1.88 bits per heavy atom. The zero-order chi connectivity index (χ0) is 18.0. The molecule has 1 aliphatic rings. The van der Waals surface area contributed by atoms with Gasteiger partial charge in [-0.15, -0.1) is 12.4 Å². The minimum absolute atomic E-state index is 0. The summed E-state index contributed by atoms with van der Waals surface area (Å²) in [7, 11) is -2.48. The predicted octanol–water partition coefficient (Wildman–Crippen LogP) is 2.73. The normalized spacial score (nSPS) is 18.2. The molecule has 0 bridgehead atoms. The number of hydrogen-bond acceptors (Lipinski definition) is 4. The summed E-state index contributed by atoms with van der Waals surface area (Å²) >= 11 is 0. The third-order valence-corrected chi connectivity index (χ3v) is 6.09. The Hall–Kier alpha value is -1.74. The largest absolute Gasteiger partial charge is 0.496 e. The molecular weight excluding hydrogens is 386 g/mol. The molecule has 0 radical (unpaired) electrons. The second-order valence-electron chi connectivity index (χ2n) is 5.65. The molecule has 5 nitrogen and oxygen atoms in total. The summed E-state index contributed by atoms with van der Waals surface area (Å²) in [5.74, 6) is -1.70. The van der Waals surface area contributed by atoms with Crippen LogP contribution in [0.3, 0.4) is 0 Å². The fraction of sp³-hybridized carbons (Fsp3) is 0.294. The Labute approximate surface area is 157 Å². The van der Waals surface area contributed by atoms with Crippen LogP contribution in [-0.4, -0.2) is 39.5 Å². The van der Waals surface area contributed by atoms with Crippen LogP contribution in [0.1, 0.15) is 11.6 Å². The second-order valence-corrected chi connectivity index (χ2v) is 7.54. The van der Waals surface area contributed by atoms with Gasteiger partial charge in [0, 0.05) is 25.2 Å². The van der Waals surface area contributed by atoms with E-state index in [4.69, 9.17) is 4.74 Å². The zero-order valence-electron chi connectivity index (χ0n) is 14.0. The van der Waals surface area contributed by atoms with Crippen molar-refractivity contribution in [1.29, 1.82) is 0 Å². The Balaban J connectivity index is 0.00000243. The Morgan fingerprint density at radius 1 is 1.15 bits per heavy atom. The van der Waals surface area contributed by atoms with E-state index in [9.17, 15) is 17.2 Å². The van der Waals surface area contributed by atoms with Crippen molar-refractivity contribution in [1.82, 2.24) is 9.62 Å². The maximum absolute atomic E-state index is 13.5. The van der Waals surface area contributed by atoms with E-state index in [1.54, 1.807) is 24.3 Å². The van der Waals surface area contributed by atoms with Crippen LogP contribution in [0.2, 0.25) is 0 Å². The number of hydrogen-bond donors (Lipinski definition) is 1. The van der Waals surface area contributed by atoms with Crippen LogP contribution < -0.4 is 10.1 Å². The molecule has 0 saturated carbocycles. The Morgan fingerprint density at radius 3 is 2.58 bits per heavy atom. The van der Waals surface area contributed by atoms with Gasteiger partial charge in [-0.1, -0.05) is 18.2 Å². The van der Waals surface area contributed by atoms with Crippen LogP contribution in [0.15, 0.2) is 47.4 Å². The SMILES string of the molecule is COc1ccccc1C1CNCCN1S(=O)(=O)c1ccc(F)c(F)c1.Cl. The lowest BCUT2D eigenvalue weighted by Crippen LogP contribution is -2.48. The number of nitrogens with zero attached hydrogens (tertiary/aromatic N) is 1. The lowest BCUT2D eigenvalue weighted by molar-refractivity contribution is 0.264. The van der Waals surface area contributed by atoms with Gasteiger partial charge in [-0.25, -0.2) is 17.2 Å². The number of benzene rings is 2. The molecule has 1 unspecified atom stereocenters. The molecule has 1 atom stereocenters. The molecule has 1 N–H and O–H groups in total. The van der Waals surface area contributed by atoms with Crippen LogP contribution in [-0.2, 0) is 10.0 Å². The third kappa shape index (κ3) is 3.83. The highest BCUT2D eigenvalue weighted by Crippen LogP contribution is 2.34. The van der Waals surface area contributed by atoms with Crippen LogP contribution in [0.5, 0.6) is 5.75 Å². The first-order valence-corrected chi connectivity index (χ1v) is 9.19. The van der Waals surface area contributed by atoms with Gasteiger partial charge < -0.3 is 10.1 Å². The van der Waals surface area contributed by atoms with Crippen molar-refractivity contribution in [3.05, 3.63) is 59.7 Å². The number of sulfonamides is 1. The fourth-order valence-electron chi connectivity index (χ4n) is 2.95. The minimum Gasteiger partial charge on any atom is -0.496 e. The molecular formula is C17H19ClF2N2O3S. The van der Waals surface area contributed by atoms with Gasteiger partial charge in [-0.3, -0.25) is 0 Å². The summed E-state index contributed by atoms with van der Waals surface area (Å²) in [4.78, 5) is -0.270. The molecule has 2 aromatic carbocycles. The summed E-state index contributed by atoms with van der Waals surface area (Å²) in [5, 5.41) is 3.16. The fourth-order valence-corrected chi connectivity index (χ4v) is 4.57. The van der Waals surface area contributed by atoms with Gasteiger partial charge >= 0.3 is 0 Å².